The summed E-state index contributed by atoms with van der Waals surface area (Å²) in [7, 11) is 0. The Kier molecular flexibility index (Phi) is 5.24. The summed E-state index contributed by atoms with van der Waals surface area (Å²) in [5.41, 5.74) is 0.520. The molecule has 1 heterocycles. The molecule has 2 rings (SSSR count). The summed E-state index contributed by atoms with van der Waals surface area (Å²) < 4.78 is 1.48. The number of rotatable bonds is 7. The normalized spacial score (nSPS) is 10.5. The van der Waals surface area contributed by atoms with Crippen LogP contribution < -0.4 is 10.9 Å². The van der Waals surface area contributed by atoms with Gasteiger partial charge in [0.2, 0.25) is 5.91 Å². The van der Waals surface area contributed by atoms with E-state index < -0.39 is 5.97 Å². The summed E-state index contributed by atoms with van der Waals surface area (Å²) in [6, 6.07) is 7.10. The molecule has 22 heavy (non-hydrogen) atoms. The Bertz CT molecular complexity index is 739. The number of aryl methyl sites for hydroxylation is 1. The molecule has 0 aliphatic carbocycles. The lowest BCUT2D eigenvalue weighted by Gasteiger charge is -2.07. The SMILES string of the molecule is O=C(O)CCNC(=O)CCCn1cnc2ccccc2c1=O. The van der Waals surface area contributed by atoms with E-state index in [0.29, 0.717) is 23.9 Å². The predicted octanol–water partition coefficient (Wildman–Crippen LogP) is 0.768. The topological polar surface area (TPSA) is 101 Å². The maximum Gasteiger partial charge on any atom is 0.305 e. The van der Waals surface area contributed by atoms with Crippen LogP contribution in [-0.4, -0.2) is 33.1 Å². The van der Waals surface area contributed by atoms with Crippen LogP contribution in [0.4, 0.5) is 0 Å². The molecule has 1 aromatic carbocycles. The van der Waals surface area contributed by atoms with Crippen LogP contribution in [0, 0.1) is 0 Å². The summed E-state index contributed by atoms with van der Waals surface area (Å²) in [5.74, 6) is -1.17. The van der Waals surface area contributed by atoms with Gasteiger partial charge in [0.25, 0.3) is 5.56 Å². The van der Waals surface area contributed by atoms with Crippen molar-refractivity contribution in [2.24, 2.45) is 0 Å². The van der Waals surface area contributed by atoms with Crippen LogP contribution in [0.1, 0.15) is 19.3 Å². The second kappa shape index (κ2) is 7.35. The van der Waals surface area contributed by atoms with Crippen molar-refractivity contribution < 1.29 is 14.7 Å². The summed E-state index contributed by atoms with van der Waals surface area (Å²) >= 11 is 0. The molecule has 7 heteroatoms. The molecular formula is C15H17N3O4. The zero-order valence-corrected chi connectivity index (χ0v) is 12.0. The first-order chi connectivity index (χ1) is 10.6. The highest BCUT2D eigenvalue weighted by Crippen LogP contribution is 2.05. The Labute approximate surface area is 126 Å². The number of hydrogen-bond donors (Lipinski definition) is 2. The lowest BCUT2D eigenvalue weighted by molar-refractivity contribution is -0.136. The van der Waals surface area contributed by atoms with E-state index in [1.54, 1.807) is 18.2 Å². The van der Waals surface area contributed by atoms with E-state index in [2.05, 4.69) is 10.3 Å². The van der Waals surface area contributed by atoms with Crippen molar-refractivity contribution in [1.82, 2.24) is 14.9 Å². The number of carbonyl (C=O) groups is 2. The van der Waals surface area contributed by atoms with Crippen LogP contribution in [0.2, 0.25) is 0 Å². The minimum absolute atomic E-state index is 0.0974. The van der Waals surface area contributed by atoms with Crippen LogP contribution in [0.25, 0.3) is 10.9 Å². The molecule has 116 valence electrons. The molecule has 1 amide bonds. The van der Waals surface area contributed by atoms with Crippen molar-refractivity contribution >= 4 is 22.8 Å². The van der Waals surface area contributed by atoms with Gasteiger partial charge >= 0.3 is 5.97 Å². The molecule has 7 nitrogen and oxygen atoms in total. The third-order valence-corrected chi connectivity index (χ3v) is 3.20. The number of carboxylic acids is 1. The van der Waals surface area contributed by atoms with E-state index in [-0.39, 0.29) is 30.9 Å². The molecular weight excluding hydrogens is 286 g/mol. The molecule has 0 saturated heterocycles. The molecule has 0 aliphatic rings. The lowest BCUT2D eigenvalue weighted by atomic mass is 10.2. The standard InChI is InChI=1S/C15H17N3O4/c19-13(16-8-7-14(20)21)6-3-9-18-10-17-12-5-2-1-4-11(12)15(18)22/h1-2,4-5,10H,3,6-9H2,(H,16,19)(H,20,21). The largest absolute Gasteiger partial charge is 0.481 e. The molecule has 0 radical (unpaired) electrons. The molecule has 0 bridgehead atoms. The van der Waals surface area contributed by atoms with Gasteiger partial charge in [-0.05, 0) is 18.6 Å². The fourth-order valence-corrected chi connectivity index (χ4v) is 2.07. The molecule has 2 N–H and O–H groups in total. The number of carboxylic acid groups (broad SMARTS) is 1. The van der Waals surface area contributed by atoms with Gasteiger partial charge in [0.15, 0.2) is 0 Å². The zero-order valence-electron chi connectivity index (χ0n) is 12.0. The highest BCUT2D eigenvalue weighted by atomic mass is 16.4. The van der Waals surface area contributed by atoms with E-state index in [0.717, 1.165) is 0 Å². The summed E-state index contributed by atoms with van der Waals surface area (Å²) in [6.07, 6.45) is 2.10. The number of carbonyl (C=O) groups excluding carboxylic acids is 1. The minimum atomic E-state index is -0.950. The number of nitrogens with zero attached hydrogens (tertiary/aromatic N) is 2. The van der Waals surface area contributed by atoms with Gasteiger partial charge in [-0.3, -0.25) is 19.0 Å². The van der Waals surface area contributed by atoms with E-state index in [1.165, 1.54) is 10.9 Å². The second-order valence-corrected chi connectivity index (χ2v) is 4.86. The Hall–Kier alpha value is -2.70. The monoisotopic (exact) mass is 303 g/mol. The van der Waals surface area contributed by atoms with E-state index in [1.807, 2.05) is 6.07 Å². The number of para-hydroxylation sites is 1. The highest BCUT2D eigenvalue weighted by molar-refractivity contribution is 5.77. The van der Waals surface area contributed by atoms with Crippen molar-refractivity contribution in [1.29, 1.82) is 0 Å². The van der Waals surface area contributed by atoms with Gasteiger partial charge in [0, 0.05) is 19.5 Å². The molecule has 0 unspecified atom stereocenters. The maximum atomic E-state index is 12.2. The first-order valence-electron chi connectivity index (χ1n) is 7.00. The Balaban J connectivity index is 1.87. The summed E-state index contributed by atoms with van der Waals surface area (Å²) in [6.45, 7) is 0.509. The molecule has 2 aromatic rings. The number of aromatic nitrogens is 2. The third-order valence-electron chi connectivity index (χ3n) is 3.20. The molecule has 0 spiro atoms. The van der Waals surface area contributed by atoms with Gasteiger partial charge in [-0.15, -0.1) is 0 Å². The van der Waals surface area contributed by atoms with Gasteiger partial charge in [0.05, 0.1) is 23.7 Å². The van der Waals surface area contributed by atoms with Crippen LogP contribution in [-0.2, 0) is 16.1 Å². The molecule has 0 atom stereocenters. The average molecular weight is 303 g/mol. The Morgan fingerprint density at radius 3 is 2.77 bits per heavy atom. The second-order valence-electron chi connectivity index (χ2n) is 4.86. The van der Waals surface area contributed by atoms with Crippen molar-refractivity contribution in [3.63, 3.8) is 0 Å². The minimum Gasteiger partial charge on any atom is -0.481 e. The van der Waals surface area contributed by atoms with Crippen LogP contribution in [0.3, 0.4) is 0 Å². The number of nitrogens with one attached hydrogen (secondary N) is 1. The van der Waals surface area contributed by atoms with E-state index >= 15 is 0 Å². The fourth-order valence-electron chi connectivity index (χ4n) is 2.07. The third kappa shape index (κ3) is 4.15. The maximum absolute atomic E-state index is 12.2. The van der Waals surface area contributed by atoms with Crippen molar-refractivity contribution in [2.75, 3.05) is 6.54 Å². The van der Waals surface area contributed by atoms with E-state index in [4.69, 9.17) is 5.11 Å². The Morgan fingerprint density at radius 1 is 1.23 bits per heavy atom. The Morgan fingerprint density at radius 2 is 2.00 bits per heavy atom. The van der Waals surface area contributed by atoms with Gasteiger partial charge in [-0.2, -0.15) is 0 Å². The average Bonchev–Trinajstić information content (AvgIpc) is 2.49. The number of hydrogen-bond acceptors (Lipinski definition) is 4. The molecule has 0 saturated carbocycles. The number of aliphatic carboxylic acids is 1. The van der Waals surface area contributed by atoms with Crippen molar-refractivity contribution in [2.45, 2.75) is 25.8 Å². The fraction of sp³-hybridized carbons (Fsp3) is 0.333. The number of amides is 1. The van der Waals surface area contributed by atoms with Crippen LogP contribution in [0.5, 0.6) is 0 Å². The van der Waals surface area contributed by atoms with Crippen LogP contribution in [0.15, 0.2) is 35.4 Å². The summed E-state index contributed by atoms with van der Waals surface area (Å²) in [4.78, 5) is 38.2. The molecule has 1 aromatic heterocycles. The first kappa shape index (κ1) is 15.7. The molecule has 0 fully saturated rings. The quantitative estimate of drug-likeness (QED) is 0.786. The highest BCUT2D eigenvalue weighted by Gasteiger charge is 2.05. The van der Waals surface area contributed by atoms with Crippen molar-refractivity contribution in [3.05, 3.63) is 40.9 Å². The smallest absolute Gasteiger partial charge is 0.305 e. The lowest BCUT2D eigenvalue weighted by Crippen LogP contribution is -2.27. The number of fused-ring (bicyclic) bond motifs is 1. The van der Waals surface area contributed by atoms with Gasteiger partial charge in [0.1, 0.15) is 0 Å². The zero-order chi connectivity index (χ0) is 15.9. The first-order valence-corrected chi connectivity index (χ1v) is 7.00. The molecule has 0 aliphatic heterocycles. The van der Waals surface area contributed by atoms with Gasteiger partial charge in [-0.25, -0.2) is 4.98 Å². The van der Waals surface area contributed by atoms with Crippen LogP contribution >= 0.6 is 0 Å². The van der Waals surface area contributed by atoms with Gasteiger partial charge in [-0.1, -0.05) is 12.1 Å². The summed E-state index contributed by atoms with van der Waals surface area (Å²) in [5, 5.41) is 11.5. The van der Waals surface area contributed by atoms with E-state index in [9.17, 15) is 14.4 Å². The predicted molar refractivity (Wildman–Crippen MR) is 80.5 cm³/mol. The van der Waals surface area contributed by atoms with Gasteiger partial charge < -0.3 is 10.4 Å². The van der Waals surface area contributed by atoms with Crippen molar-refractivity contribution in [3.8, 4) is 0 Å². The number of benzene rings is 1.